The topological polar surface area (TPSA) is 66.7 Å². The molecule has 2 aromatic rings. The van der Waals surface area contributed by atoms with Crippen LogP contribution in [0.2, 0.25) is 5.02 Å². The van der Waals surface area contributed by atoms with E-state index in [1.807, 2.05) is 0 Å². The molecule has 2 aromatic carbocycles. The highest BCUT2D eigenvalue weighted by atomic mass is 35.5. The molecule has 0 radical (unpaired) electrons. The van der Waals surface area contributed by atoms with E-state index in [1.165, 1.54) is 30.3 Å². The zero-order valence-corrected chi connectivity index (χ0v) is 15.4. The van der Waals surface area contributed by atoms with E-state index in [4.69, 9.17) is 11.6 Å². The van der Waals surface area contributed by atoms with Gasteiger partial charge in [-0.25, -0.2) is 4.39 Å². The van der Waals surface area contributed by atoms with Gasteiger partial charge in [-0.3, -0.25) is 19.8 Å². The summed E-state index contributed by atoms with van der Waals surface area (Å²) < 4.78 is 13.0. The highest BCUT2D eigenvalue weighted by Crippen LogP contribution is 2.25. The molecule has 1 aliphatic rings. The Morgan fingerprint density at radius 3 is 2.56 bits per heavy atom. The Morgan fingerprint density at radius 1 is 1.11 bits per heavy atom. The first kappa shape index (κ1) is 19.3. The molecule has 1 aliphatic heterocycles. The van der Waals surface area contributed by atoms with Crippen LogP contribution >= 0.6 is 11.6 Å². The largest absolute Gasteiger partial charge is 0.337 e. The van der Waals surface area contributed by atoms with Crippen molar-refractivity contribution in [2.45, 2.75) is 13.0 Å². The van der Waals surface area contributed by atoms with Gasteiger partial charge in [0, 0.05) is 43.8 Å². The maximum Gasteiger partial charge on any atom is 0.283 e. The summed E-state index contributed by atoms with van der Waals surface area (Å²) >= 11 is 5.82. The molecule has 1 saturated heterocycles. The first-order chi connectivity index (χ1) is 12.9. The lowest BCUT2D eigenvalue weighted by Gasteiger charge is -2.22. The van der Waals surface area contributed by atoms with Crippen molar-refractivity contribution in [1.29, 1.82) is 0 Å². The lowest BCUT2D eigenvalue weighted by atomic mass is 10.1. The van der Waals surface area contributed by atoms with Crippen LogP contribution in [0.4, 0.5) is 10.1 Å². The first-order valence-electron chi connectivity index (χ1n) is 8.64. The average Bonchev–Trinajstić information content (AvgIpc) is 2.88. The number of carbonyl (C=O) groups is 1. The Bertz CT molecular complexity index is 845. The van der Waals surface area contributed by atoms with E-state index in [-0.39, 0.29) is 28.0 Å². The molecule has 3 rings (SSSR count). The molecule has 0 aromatic heterocycles. The molecule has 1 heterocycles. The number of nitro benzene ring substituents is 1. The van der Waals surface area contributed by atoms with Crippen molar-refractivity contribution in [3.8, 4) is 0 Å². The fraction of sp³-hybridized carbons (Fsp3) is 0.316. The fourth-order valence-corrected chi connectivity index (χ4v) is 3.35. The van der Waals surface area contributed by atoms with Gasteiger partial charge in [0.25, 0.3) is 11.6 Å². The summed E-state index contributed by atoms with van der Waals surface area (Å²) in [5, 5.41) is 11.5. The van der Waals surface area contributed by atoms with E-state index in [0.717, 1.165) is 18.5 Å². The molecule has 0 bridgehead atoms. The number of benzene rings is 2. The van der Waals surface area contributed by atoms with Crippen molar-refractivity contribution in [2.24, 2.45) is 0 Å². The van der Waals surface area contributed by atoms with Crippen molar-refractivity contribution in [3.63, 3.8) is 0 Å². The summed E-state index contributed by atoms with van der Waals surface area (Å²) in [7, 11) is 0. The Morgan fingerprint density at radius 2 is 1.85 bits per heavy atom. The van der Waals surface area contributed by atoms with Crippen molar-refractivity contribution >= 4 is 23.2 Å². The van der Waals surface area contributed by atoms with Crippen molar-refractivity contribution in [1.82, 2.24) is 9.80 Å². The van der Waals surface area contributed by atoms with E-state index in [0.29, 0.717) is 26.2 Å². The SMILES string of the molecule is O=C(c1ccc(Cl)cc1[N+](=O)[O-])N1CCCN(Cc2ccc(F)cc2)CC1. The number of halogens is 2. The lowest BCUT2D eigenvalue weighted by molar-refractivity contribution is -0.385. The van der Waals surface area contributed by atoms with Gasteiger partial charge in [0.15, 0.2) is 0 Å². The number of hydrogen-bond acceptors (Lipinski definition) is 4. The van der Waals surface area contributed by atoms with Gasteiger partial charge in [0.1, 0.15) is 11.4 Å². The minimum absolute atomic E-state index is 0.0522. The molecule has 1 amide bonds. The van der Waals surface area contributed by atoms with Crippen molar-refractivity contribution in [2.75, 3.05) is 26.2 Å². The van der Waals surface area contributed by atoms with Crippen LogP contribution < -0.4 is 0 Å². The molecule has 1 fully saturated rings. The molecule has 0 N–H and O–H groups in total. The molecule has 0 unspecified atom stereocenters. The summed E-state index contributed by atoms with van der Waals surface area (Å²) in [6.07, 6.45) is 0.758. The van der Waals surface area contributed by atoms with Crippen LogP contribution in [-0.2, 0) is 6.54 Å². The number of carbonyl (C=O) groups excluding carboxylic acids is 1. The molecule has 27 heavy (non-hydrogen) atoms. The van der Waals surface area contributed by atoms with Gasteiger partial charge in [0.2, 0.25) is 0 Å². The van der Waals surface area contributed by atoms with Crippen LogP contribution in [0.15, 0.2) is 42.5 Å². The van der Waals surface area contributed by atoms with Crippen LogP contribution in [0, 0.1) is 15.9 Å². The third kappa shape index (κ3) is 4.81. The molecule has 6 nitrogen and oxygen atoms in total. The molecular formula is C19H19ClFN3O3. The highest BCUT2D eigenvalue weighted by molar-refractivity contribution is 6.31. The van der Waals surface area contributed by atoms with Gasteiger partial charge < -0.3 is 4.90 Å². The number of nitrogens with zero attached hydrogens (tertiary/aromatic N) is 3. The summed E-state index contributed by atoms with van der Waals surface area (Å²) in [5.74, 6) is -0.627. The fourth-order valence-electron chi connectivity index (χ4n) is 3.19. The third-order valence-corrected chi connectivity index (χ3v) is 4.82. The normalized spacial score (nSPS) is 15.4. The van der Waals surface area contributed by atoms with Crippen LogP contribution in [0.25, 0.3) is 0 Å². The number of nitro groups is 1. The zero-order valence-electron chi connectivity index (χ0n) is 14.6. The molecule has 0 aliphatic carbocycles. The Labute approximate surface area is 161 Å². The smallest absolute Gasteiger partial charge is 0.283 e. The van der Waals surface area contributed by atoms with Crippen LogP contribution in [0.1, 0.15) is 22.3 Å². The number of hydrogen-bond donors (Lipinski definition) is 0. The van der Waals surface area contributed by atoms with Crippen LogP contribution in [0.5, 0.6) is 0 Å². The third-order valence-electron chi connectivity index (χ3n) is 4.58. The minimum atomic E-state index is -0.586. The molecular weight excluding hydrogens is 373 g/mol. The second-order valence-corrected chi connectivity index (χ2v) is 6.90. The van der Waals surface area contributed by atoms with E-state index in [9.17, 15) is 19.3 Å². The minimum Gasteiger partial charge on any atom is -0.337 e. The van der Waals surface area contributed by atoms with Crippen LogP contribution in [-0.4, -0.2) is 46.8 Å². The van der Waals surface area contributed by atoms with Gasteiger partial charge in [-0.1, -0.05) is 23.7 Å². The van der Waals surface area contributed by atoms with Gasteiger partial charge in [-0.05, 0) is 36.2 Å². The maximum absolute atomic E-state index is 13.0. The maximum atomic E-state index is 13.0. The Hall–Kier alpha value is -2.51. The molecule has 0 saturated carbocycles. The van der Waals surface area contributed by atoms with E-state index in [2.05, 4.69) is 4.90 Å². The second kappa shape index (κ2) is 8.45. The summed E-state index contributed by atoms with van der Waals surface area (Å²) in [6.45, 7) is 3.11. The summed E-state index contributed by atoms with van der Waals surface area (Å²) in [5.41, 5.74) is 0.779. The highest BCUT2D eigenvalue weighted by Gasteiger charge is 2.26. The van der Waals surface area contributed by atoms with E-state index in [1.54, 1.807) is 17.0 Å². The van der Waals surface area contributed by atoms with Gasteiger partial charge in [0.05, 0.1) is 4.92 Å². The molecule has 142 valence electrons. The monoisotopic (exact) mass is 391 g/mol. The first-order valence-corrected chi connectivity index (χ1v) is 9.02. The summed E-state index contributed by atoms with van der Waals surface area (Å²) in [6, 6.07) is 10.5. The van der Waals surface area contributed by atoms with Gasteiger partial charge in [-0.2, -0.15) is 0 Å². The van der Waals surface area contributed by atoms with Crippen LogP contribution in [0.3, 0.4) is 0 Å². The van der Waals surface area contributed by atoms with E-state index < -0.39 is 4.92 Å². The zero-order chi connectivity index (χ0) is 19.4. The number of amides is 1. The van der Waals surface area contributed by atoms with Crippen molar-refractivity contribution < 1.29 is 14.1 Å². The second-order valence-electron chi connectivity index (χ2n) is 6.47. The predicted octanol–water partition coefficient (Wildman–Crippen LogP) is 3.74. The molecule has 8 heteroatoms. The standard InChI is InChI=1S/C19H19ClFN3O3/c20-15-4-7-17(18(12-15)24(26)27)19(25)23-9-1-8-22(10-11-23)13-14-2-5-16(21)6-3-14/h2-7,12H,1,8-11,13H2. The molecule has 0 atom stereocenters. The Balaban J connectivity index is 1.68. The quantitative estimate of drug-likeness (QED) is 0.588. The van der Waals surface area contributed by atoms with Gasteiger partial charge in [-0.15, -0.1) is 0 Å². The molecule has 0 spiro atoms. The van der Waals surface area contributed by atoms with Gasteiger partial charge >= 0.3 is 0 Å². The Kier molecular flexibility index (Phi) is 6.03. The predicted molar refractivity (Wildman–Crippen MR) is 100 cm³/mol. The number of rotatable bonds is 4. The van der Waals surface area contributed by atoms with Crippen molar-refractivity contribution in [3.05, 3.63) is 74.5 Å². The summed E-state index contributed by atoms with van der Waals surface area (Å²) in [4.78, 5) is 27.3. The van der Waals surface area contributed by atoms with E-state index >= 15 is 0 Å². The lowest BCUT2D eigenvalue weighted by Crippen LogP contribution is -2.35. The average molecular weight is 392 g/mol.